The van der Waals surface area contributed by atoms with Crippen LogP contribution in [0.25, 0.3) is 0 Å². The van der Waals surface area contributed by atoms with Gasteiger partial charge in [0.05, 0.1) is 10.9 Å². The molecular formula is C22H42N6O3S. The molecule has 0 aliphatic heterocycles. The first-order chi connectivity index (χ1) is 15.5. The normalized spacial score (nSPS) is 12.6. The van der Waals surface area contributed by atoms with Gasteiger partial charge in [-0.25, -0.2) is 13.1 Å². The quantitative estimate of drug-likeness (QED) is 0.150. The SMILES string of the molecule is NCCCNCCCCNCCCNC(=O)[C@H](N)CCCCNS(=O)(=O)c1ccccc1. The molecule has 0 saturated carbocycles. The highest BCUT2D eigenvalue weighted by Crippen LogP contribution is 2.07. The van der Waals surface area contributed by atoms with Crippen LogP contribution in [0.5, 0.6) is 0 Å². The molecule has 0 radical (unpaired) electrons. The van der Waals surface area contributed by atoms with Crippen LogP contribution in [0.3, 0.4) is 0 Å². The van der Waals surface area contributed by atoms with Gasteiger partial charge in [-0.05, 0) is 83.4 Å². The third kappa shape index (κ3) is 13.8. The highest BCUT2D eigenvalue weighted by atomic mass is 32.2. The highest BCUT2D eigenvalue weighted by Gasteiger charge is 2.14. The van der Waals surface area contributed by atoms with Crippen molar-refractivity contribution in [2.24, 2.45) is 11.5 Å². The van der Waals surface area contributed by atoms with Gasteiger partial charge >= 0.3 is 0 Å². The van der Waals surface area contributed by atoms with Gasteiger partial charge in [0, 0.05) is 13.1 Å². The lowest BCUT2D eigenvalue weighted by Crippen LogP contribution is -2.41. The smallest absolute Gasteiger partial charge is 0.240 e. The Labute approximate surface area is 193 Å². The number of carbonyl (C=O) groups excluding carboxylic acids is 1. The van der Waals surface area contributed by atoms with Crippen LogP contribution < -0.4 is 32.1 Å². The molecule has 184 valence electrons. The van der Waals surface area contributed by atoms with Crippen LogP contribution >= 0.6 is 0 Å². The van der Waals surface area contributed by atoms with Crippen molar-refractivity contribution in [3.8, 4) is 0 Å². The lowest BCUT2D eigenvalue weighted by atomic mass is 10.1. The van der Waals surface area contributed by atoms with E-state index in [2.05, 4.69) is 20.7 Å². The number of unbranched alkanes of at least 4 members (excludes halogenated alkanes) is 2. The zero-order valence-corrected chi connectivity index (χ0v) is 20.0. The van der Waals surface area contributed by atoms with Crippen LogP contribution in [0.15, 0.2) is 35.2 Å². The molecule has 0 aliphatic carbocycles. The largest absolute Gasteiger partial charge is 0.355 e. The molecule has 0 saturated heterocycles. The van der Waals surface area contributed by atoms with Crippen molar-refractivity contribution in [1.82, 2.24) is 20.7 Å². The van der Waals surface area contributed by atoms with Gasteiger partial charge in [-0.1, -0.05) is 24.6 Å². The van der Waals surface area contributed by atoms with Crippen molar-refractivity contribution < 1.29 is 13.2 Å². The predicted molar refractivity (Wildman–Crippen MR) is 130 cm³/mol. The molecule has 1 rings (SSSR count). The Morgan fingerprint density at radius 1 is 0.812 bits per heavy atom. The van der Waals surface area contributed by atoms with E-state index in [1.807, 2.05) is 0 Å². The molecule has 9 nitrogen and oxygen atoms in total. The third-order valence-corrected chi connectivity index (χ3v) is 6.45. The Kier molecular flexibility index (Phi) is 16.0. The van der Waals surface area contributed by atoms with Crippen molar-refractivity contribution in [1.29, 1.82) is 0 Å². The summed E-state index contributed by atoms with van der Waals surface area (Å²) < 4.78 is 26.8. The number of nitrogens with one attached hydrogen (secondary N) is 4. The second kappa shape index (κ2) is 17.9. The Balaban J connectivity index is 1.96. The van der Waals surface area contributed by atoms with E-state index >= 15 is 0 Å². The Morgan fingerprint density at radius 2 is 1.41 bits per heavy atom. The van der Waals surface area contributed by atoms with E-state index in [9.17, 15) is 13.2 Å². The maximum absolute atomic E-state index is 12.1. The van der Waals surface area contributed by atoms with E-state index in [0.717, 1.165) is 58.4 Å². The molecule has 1 aromatic rings. The average molecular weight is 471 g/mol. The fourth-order valence-corrected chi connectivity index (χ4v) is 4.14. The number of carbonyl (C=O) groups is 1. The van der Waals surface area contributed by atoms with Gasteiger partial charge in [-0.15, -0.1) is 0 Å². The molecule has 1 aromatic carbocycles. The Hall–Kier alpha value is -1.56. The minimum absolute atomic E-state index is 0.154. The summed E-state index contributed by atoms with van der Waals surface area (Å²) in [4.78, 5) is 12.3. The summed E-state index contributed by atoms with van der Waals surface area (Å²) >= 11 is 0. The molecule has 0 fully saturated rings. The molecule has 0 aliphatic rings. The maximum Gasteiger partial charge on any atom is 0.240 e. The van der Waals surface area contributed by atoms with Crippen molar-refractivity contribution in [2.75, 3.05) is 45.8 Å². The number of amides is 1. The minimum Gasteiger partial charge on any atom is -0.355 e. The van der Waals surface area contributed by atoms with E-state index in [1.165, 1.54) is 0 Å². The van der Waals surface area contributed by atoms with Crippen LogP contribution in [-0.2, 0) is 14.8 Å². The second-order valence-corrected chi connectivity index (χ2v) is 9.57. The van der Waals surface area contributed by atoms with Crippen molar-refractivity contribution >= 4 is 15.9 Å². The Bertz CT molecular complexity index is 703. The van der Waals surface area contributed by atoms with E-state index in [1.54, 1.807) is 30.3 Å². The topological polar surface area (TPSA) is 151 Å². The lowest BCUT2D eigenvalue weighted by molar-refractivity contribution is -0.122. The first-order valence-corrected chi connectivity index (χ1v) is 13.1. The van der Waals surface area contributed by atoms with E-state index in [-0.39, 0.29) is 10.8 Å². The Morgan fingerprint density at radius 3 is 2.06 bits per heavy atom. The van der Waals surface area contributed by atoms with E-state index in [4.69, 9.17) is 11.5 Å². The van der Waals surface area contributed by atoms with Crippen molar-refractivity contribution in [2.45, 2.75) is 55.9 Å². The van der Waals surface area contributed by atoms with Gasteiger partial charge in [-0.2, -0.15) is 0 Å². The third-order valence-electron chi connectivity index (χ3n) is 4.97. The van der Waals surface area contributed by atoms with Crippen LogP contribution in [0.4, 0.5) is 0 Å². The average Bonchev–Trinajstić information content (AvgIpc) is 2.79. The molecule has 1 atom stereocenters. The number of hydrogen-bond donors (Lipinski definition) is 6. The molecule has 32 heavy (non-hydrogen) atoms. The van der Waals surface area contributed by atoms with Crippen molar-refractivity contribution in [3.05, 3.63) is 30.3 Å². The van der Waals surface area contributed by atoms with Crippen LogP contribution in [0.2, 0.25) is 0 Å². The van der Waals surface area contributed by atoms with Crippen LogP contribution in [0, 0.1) is 0 Å². The van der Waals surface area contributed by atoms with Gasteiger partial charge in [0.25, 0.3) is 0 Å². The monoisotopic (exact) mass is 470 g/mol. The minimum atomic E-state index is -3.48. The van der Waals surface area contributed by atoms with Gasteiger partial charge in [0.2, 0.25) is 15.9 Å². The zero-order chi connectivity index (χ0) is 23.5. The second-order valence-electron chi connectivity index (χ2n) is 7.81. The van der Waals surface area contributed by atoms with Gasteiger partial charge < -0.3 is 27.4 Å². The summed E-state index contributed by atoms with van der Waals surface area (Å²) in [5.74, 6) is -0.154. The molecule has 0 spiro atoms. The van der Waals surface area contributed by atoms with Gasteiger partial charge in [-0.3, -0.25) is 4.79 Å². The maximum atomic E-state index is 12.1. The first-order valence-electron chi connectivity index (χ1n) is 11.7. The summed E-state index contributed by atoms with van der Waals surface area (Å²) in [6.07, 6.45) is 5.95. The molecule has 1 amide bonds. The molecule has 0 unspecified atom stereocenters. The van der Waals surface area contributed by atoms with Crippen LogP contribution in [0.1, 0.15) is 44.9 Å². The van der Waals surface area contributed by atoms with Gasteiger partial charge in [0.1, 0.15) is 0 Å². The van der Waals surface area contributed by atoms with Crippen molar-refractivity contribution in [3.63, 3.8) is 0 Å². The lowest BCUT2D eigenvalue weighted by Gasteiger charge is -2.13. The molecule has 0 bridgehead atoms. The fourth-order valence-electron chi connectivity index (χ4n) is 3.04. The zero-order valence-electron chi connectivity index (χ0n) is 19.2. The number of nitrogens with two attached hydrogens (primary N) is 2. The van der Waals surface area contributed by atoms with Crippen LogP contribution in [-0.4, -0.2) is 66.2 Å². The summed E-state index contributed by atoms with van der Waals surface area (Å²) in [6, 6.07) is 7.69. The first kappa shape index (κ1) is 28.5. The number of rotatable bonds is 20. The predicted octanol–water partition coefficient (Wildman–Crippen LogP) is 0.277. The molecule has 0 heterocycles. The van der Waals surface area contributed by atoms with Gasteiger partial charge in [0.15, 0.2) is 0 Å². The standard InChI is InChI=1S/C22H42N6O3S/c23-13-8-16-25-14-6-7-15-26-17-9-18-27-22(29)21(24)12-4-5-19-28-32(30,31)20-10-2-1-3-11-20/h1-3,10-11,21,25-26,28H,4-9,12-19,23-24H2,(H,27,29)/t21-/m1/s1. The number of hydrogen-bond acceptors (Lipinski definition) is 7. The summed E-state index contributed by atoms with van der Waals surface area (Å²) in [6.45, 7) is 5.48. The number of sulfonamides is 1. The highest BCUT2D eigenvalue weighted by molar-refractivity contribution is 7.89. The molecule has 0 aromatic heterocycles. The molecular weight excluding hydrogens is 428 g/mol. The van der Waals surface area contributed by atoms with E-state index in [0.29, 0.717) is 32.4 Å². The van der Waals surface area contributed by atoms with E-state index < -0.39 is 16.1 Å². The summed E-state index contributed by atoms with van der Waals surface area (Å²) in [5, 5.41) is 9.60. The summed E-state index contributed by atoms with van der Waals surface area (Å²) in [7, 11) is -3.48. The summed E-state index contributed by atoms with van der Waals surface area (Å²) in [5.41, 5.74) is 11.4. The molecule has 10 heteroatoms. The number of benzene rings is 1. The molecule has 8 N–H and O–H groups in total. The fraction of sp³-hybridized carbons (Fsp3) is 0.682.